The molecular formula is C14H21NO2. The van der Waals surface area contributed by atoms with E-state index in [1.165, 1.54) is 25.7 Å². The van der Waals surface area contributed by atoms with Crippen molar-refractivity contribution >= 4 is 0 Å². The molecule has 1 saturated heterocycles. The first-order valence-electron chi connectivity index (χ1n) is 6.75. The Labute approximate surface area is 103 Å². The van der Waals surface area contributed by atoms with Gasteiger partial charge in [0.15, 0.2) is 0 Å². The van der Waals surface area contributed by atoms with Crippen molar-refractivity contribution in [2.45, 2.75) is 50.8 Å². The molecule has 3 rings (SSSR count). The average Bonchev–Trinajstić information content (AvgIpc) is 2.80. The smallest absolute Gasteiger partial charge is 0.134 e. The van der Waals surface area contributed by atoms with Crippen LogP contribution in [-0.2, 0) is 4.74 Å². The number of fused-ring (bicyclic) bond motifs is 1. The number of nitrogens with one attached hydrogen (secondary N) is 1. The Morgan fingerprint density at radius 3 is 3.00 bits per heavy atom. The molecule has 3 heteroatoms. The van der Waals surface area contributed by atoms with Crippen LogP contribution in [0.3, 0.4) is 0 Å². The van der Waals surface area contributed by atoms with Crippen molar-refractivity contribution in [1.82, 2.24) is 5.32 Å². The van der Waals surface area contributed by atoms with Gasteiger partial charge in [-0.3, -0.25) is 0 Å². The summed E-state index contributed by atoms with van der Waals surface area (Å²) in [6.45, 7) is 3.07. The molecule has 94 valence electrons. The van der Waals surface area contributed by atoms with E-state index in [1.54, 1.807) is 6.26 Å². The highest BCUT2D eigenvalue weighted by Crippen LogP contribution is 2.32. The van der Waals surface area contributed by atoms with Gasteiger partial charge in [0.05, 0.1) is 12.9 Å². The van der Waals surface area contributed by atoms with E-state index in [1.807, 2.05) is 12.1 Å². The minimum atomic E-state index is 0.0654. The highest BCUT2D eigenvalue weighted by atomic mass is 16.5. The van der Waals surface area contributed by atoms with Gasteiger partial charge >= 0.3 is 0 Å². The molecule has 2 fully saturated rings. The lowest BCUT2D eigenvalue weighted by molar-refractivity contribution is 0.0136. The summed E-state index contributed by atoms with van der Waals surface area (Å²) >= 11 is 0. The lowest BCUT2D eigenvalue weighted by Gasteiger charge is -2.30. The van der Waals surface area contributed by atoms with Crippen molar-refractivity contribution < 1.29 is 9.15 Å². The van der Waals surface area contributed by atoms with E-state index < -0.39 is 0 Å². The maximum Gasteiger partial charge on any atom is 0.134 e. The van der Waals surface area contributed by atoms with Crippen LogP contribution in [-0.4, -0.2) is 18.7 Å². The van der Waals surface area contributed by atoms with Crippen LogP contribution < -0.4 is 5.32 Å². The van der Waals surface area contributed by atoms with Gasteiger partial charge in [-0.2, -0.15) is 0 Å². The van der Waals surface area contributed by atoms with Crippen LogP contribution in [0.2, 0.25) is 0 Å². The molecule has 0 amide bonds. The van der Waals surface area contributed by atoms with E-state index in [9.17, 15) is 0 Å². The third-order valence-electron chi connectivity index (χ3n) is 4.15. The van der Waals surface area contributed by atoms with Gasteiger partial charge in [0.1, 0.15) is 11.9 Å². The Morgan fingerprint density at radius 1 is 1.29 bits per heavy atom. The molecule has 17 heavy (non-hydrogen) atoms. The summed E-state index contributed by atoms with van der Waals surface area (Å²) in [5.41, 5.74) is 0. The summed E-state index contributed by atoms with van der Waals surface area (Å²) in [6.07, 6.45) is 7.09. The molecule has 1 saturated carbocycles. The van der Waals surface area contributed by atoms with Gasteiger partial charge < -0.3 is 14.5 Å². The molecule has 3 nitrogen and oxygen atoms in total. The molecule has 0 aromatic carbocycles. The van der Waals surface area contributed by atoms with E-state index in [0.717, 1.165) is 12.4 Å². The lowest BCUT2D eigenvalue weighted by atomic mass is 9.85. The number of rotatable bonds is 1. The Hall–Kier alpha value is -0.800. The molecule has 0 bridgehead atoms. The maximum atomic E-state index is 6.07. The zero-order valence-corrected chi connectivity index (χ0v) is 10.4. The minimum Gasteiger partial charge on any atom is -0.467 e. The van der Waals surface area contributed by atoms with Crippen molar-refractivity contribution in [1.29, 1.82) is 0 Å². The summed E-state index contributed by atoms with van der Waals surface area (Å²) in [4.78, 5) is 0. The Bertz CT molecular complexity index is 349. The second kappa shape index (κ2) is 4.83. The number of ether oxygens (including phenoxy) is 1. The first kappa shape index (κ1) is 11.3. The van der Waals surface area contributed by atoms with Crippen LogP contribution in [0.4, 0.5) is 0 Å². The first-order valence-corrected chi connectivity index (χ1v) is 6.75. The summed E-state index contributed by atoms with van der Waals surface area (Å²) in [5, 5.41) is 3.73. The summed E-state index contributed by atoms with van der Waals surface area (Å²) in [7, 11) is 0. The molecule has 1 aliphatic carbocycles. The van der Waals surface area contributed by atoms with Crippen molar-refractivity contribution in [3.63, 3.8) is 0 Å². The summed E-state index contributed by atoms with van der Waals surface area (Å²) < 4.78 is 11.6. The SMILES string of the molecule is CC1NC2CCCCC2COC1c1ccco1. The number of hydrogen-bond acceptors (Lipinski definition) is 3. The maximum absolute atomic E-state index is 6.07. The number of hydrogen-bond donors (Lipinski definition) is 1. The predicted molar refractivity (Wildman–Crippen MR) is 65.7 cm³/mol. The van der Waals surface area contributed by atoms with Gasteiger partial charge in [0, 0.05) is 12.1 Å². The second-order valence-corrected chi connectivity index (χ2v) is 5.38. The molecule has 1 aromatic rings. The summed E-state index contributed by atoms with van der Waals surface area (Å²) in [5.74, 6) is 1.63. The van der Waals surface area contributed by atoms with Gasteiger partial charge in [-0.05, 0) is 37.8 Å². The van der Waals surface area contributed by atoms with Crippen LogP contribution in [0.5, 0.6) is 0 Å². The normalized spacial score (nSPS) is 38.4. The Balaban J connectivity index is 1.75. The molecule has 1 aliphatic heterocycles. The molecule has 1 N–H and O–H groups in total. The average molecular weight is 235 g/mol. The van der Waals surface area contributed by atoms with Crippen LogP contribution in [0.25, 0.3) is 0 Å². The third-order valence-corrected chi connectivity index (χ3v) is 4.15. The first-order chi connectivity index (χ1) is 8.34. The van der Waals surface area contributed by atoms with Gasteiger partial charge in [-0.25, -0.2) is 0 Å². The topological polar surface area (TPSA) is 34.4 Å². The monoisotopic (exact) mass is 235 g/mol. The van der Waals surface area contributed by atoms with E-state index in [-0.39, 0.29) is 6.10 Å². The van der Waals surface area contributed by atoms with Gasteiger partial charge in [-0.15, -0.1) is 0 Å². The molecule has 4 unspecified atom stereocenters. The van der Waals surface area contributed by atoms with Crippen LogP contribution in [0.1, 0.15) is 44.5 Å². The largest absolute Gasteiger partial charge is 0.467 e. The molecule has 0 spiro atoms. The molecule has 0 radical (unpaired) electrons. The number of furan rings is 1. The quantitative estimate of drug-likeness (QED) is 0.812. The van der Waals surface area contributed by atoms with E-state index in [0.29, 0.717) is 18.0 Å². The van der Waals surface area contributed by atoms with E-state index in [2.05, 4.69) is 12.2 Å². The molecule has 2 aliphatic rings. The van der Waals surface area contributed by atoms with E-state index >= 15 is 0 Å². The van der Waals surface area contributed by atoms with Crippen molar-refractivity contribution in [3.05, 3.63) is 24.2 Å². The zero-order valence-electron chi connectivity index (χ0n) is 10.4. The third kappa shape index (κ3) is 2.26. The van der Waals surface area contributed by atoms with E-state index in [4.69, 9.17) is 9.15 Å². The minimum absolute atomic E-state index is 0.0654. The second-order valence-electron chi connectivity index (χ2n) is 5.38. The Morgan fingerprint density at radius 2 is 2.18 bits per heavy atom. The summed E-state index contributed by atoms with van der Waals surface area (Å²) in [6, 6.07) is 4.91. The van der Waals surface area contributed by atoms with Crippen LogP contribution in [0.15, 0.2) is 22.8 Å². The molecule has 1 aromatic heterocycles. The van der Waals surface area contributed by atoms with Crippen LogP contribution >= 0.6 is 0 Å². The van der Waals surface area contributed by atoms with Crippen LogP contribution in [0, 0.1) is 5.92 Å². The highest BCUT2D eigenvalue weighted by molar-refractivity contribution is 5.06. The predicted octanol–water partition coefficient (Wildman–Crippen LogP) is 2.89. The molecule has 2 heterocycles. The zero-order chi connectivity index (χ0) is 11.7. The standard InChI is InChI=1S/C14H21NO2/c1-10-14(13-7-4-8-16-13)17-9-11-5-2-3-6-12(11)15-10/h4,7-8,10-12,14-15H,2-3,5-6,9H2,1H3. The van der Waals surface area contributed by atoms with Gasteiger partial charge in [-0.1, -0.05) is 12.8 Å². The van der Waals surface area contributed by atoms with Gasteiger partial charge in [0.25, 0.3) is 0 Å². The van der Waals surface area contributed by atoms with Gasteiger partial charge in [0.2, 0.25) is 0 Å². The van der Waals surface area contributed by atoms with Crippen molar-refractivity contribution in [3.8, 4) is 0 Å². The Kier molecular flexibility index (Phi) is 3.21. The fourth-order valence-electron chi connectivity index (χ4n) is 3.20. The fraction of sp³-hybridized carbons (Fsp3) is 0.714. The van der Waals surface area contributed by atoms with Crippen molar-refractivity contribution in [2.24, 2.45) is 5.92 Å². The molecular weight excluding hydrogens is 214 g/mol. The van der Waals surface area contributed by atoms with Crippen molar-refractivity contribution in [2.75, 3.05) is 6.61 Å². The lowest BCUT2D eigenvalue weighted by Crippen LogP contribution is -2.43. The fourth-order valence-corrected chi connectivity index (χ4v) is 3.20. The molecule has 4 atom stereocenters. The highest BCUT2D eigenvalue weighted by Gasteiger charge is 2.34.